The molecule has 12 heavy (non-hydrogen) atoms. The summed E-state index contributed by atoms with van der Waals surface area (Å²) in [5, 5.41) is 0. The van der Waals surface area contributed by atoms with Crippen LogP contribution in [-0.2, 0) is 9.47 Å². The molecule has 0 unspecified atom stereocenters. The zero-order valence-electron chi connectivity index (χ0n) is 6.85. The van der Waals surface area contributed by atoms with Crippen molar-refractivity contribution in [2.75, 3.05) is 13.4 Å². The van der Waals surface area contributed by atoms with Crippen molar-refractivity contribution in [1.29, 1.82) is 0 Å². The van der Waals surface area contributed by atoms with E-state index in [4.69, 9.17) is 4.74 Å². The van der Waals surface area contributed by atoms with Crippen molar-refractivity contribution in [3.63, 3.8) is 0 Å². The molecule has 1 heterocycles. The molecule has 0 N–H and O–H groups in total. The fraction of sp³-hybridized carbons (Fsp3) is 0.200. The van der Waals surface area contributed by atoms with Crippen LogP contribution < -0.4 is 0 Å². The fourth-order valence-electron chi connectivity index (χ4n) is 0.696. The summed E-state index contributed by atoms with van der Waals surface area (Å²) in [7, 11) is 0. The van der Waals surface area contributed by atoms with Gasteiger partial charge in [0.15, 0.2) is 6.79 Å². The molecule has 0 bridgehead atoms. The summed E-state index contributed by atoms with van der Waals surface area (Å²) in [5.41, 5.74) is 0. The van der Waals surface area contributed by atoms with E-state index >= 15 is 0 Å². The highest BCUT2D eigenvalue weighted by Crippen LogP contribution is 1.87. The first-order valence-electron chi connectivity index (χ1n) is 3.84. The molecule has 0 fully saturated rings. The highest BCUT2D eigenvalue weighted by molar-refractivity contribution is 4.99. The summed E-state index contributed by atoms with van der Waals surface area (Å²) in [4.78, 5) is 0. The monoisotopic (exact) mass is 164 g/mol. The molecule has 0 spiro atoms. The van der Waals surface area contributed by atoms with Crippen LogP contribution in [0.5, 0.6) is 0 Å². The minimum atomic E-state index is 0.413. The van der Waals surface area contributed by atoms with Crippen LogP contribution in [-0.4, -0.2) is 13.4 Å². The first kappa shape index (κ1) is 8.81. The van der Waals surface area contributed by atoms with Gasteiger partial charge in [0.05, 0.1) is 12.9 Å². The van der Waals surface area contributed by atoms with Gasteiger partial charge in [-0.25, -0.2) is 0 Å². The van der Waals surface area contributed by atoms with E-state index in [0.29, 0.717) is 13.4 Å². The van der Waals surface area contributed by atoms with Crippen molar-refractivity contribution >= 4 is 0 Å². The van der Waals surface area contributed by atoms with E-state index in [0.717, 1.165) is 0 Å². The average molecular weight is 164 g/mol. The van der Waals surface area contributed by atoms with Gasteiger partial charge in [-0.15, -0.1) is 0 Å². The van der Waals surface area contributed by atoms with E-state index < -0.39 is 0 Å². The van der Waals surface area contributed by atoms with Crippen molar-refractivity contribution in [2.45, 2.75) is 0 Å². The van der Waals surface area contributed by atoms with Crippen LogP contribution in [0.15, 0.2) is 48.7 Å². The smallest absolute Gasteiger partial charge is 0.188 e. The summed E-state index contributed by atoms with van der Waals surface area (Å²) >= 11 is 0. The predicted octanol–water partition coefficient (Wildman–Crippen LogP) is 2.19. The van der Waals surface area contributed by atoms with E-state index in [1.807, 2.05) is 42.5 Å². The molecule has 1 aliphatic rings. The lowest BCUT2D eigenvalue weighted by molar-refractivity contribution is -0.0147. The molecule has 2 heteroatoms. The Hall–Kier alpha value is -1.28. The highest BCUT2D eigenvalue weighted by atomic mass is 16.7. The molecule has 1 aliphatic heterocycles. The maximum Gasteiger partial charge on any atom is 0.188 e. The molecule has 1 aromatic carbocycles. The van der Waals surface area contributed by atoms with Gasteiger partial charge in [0.25, 0.3) is 0 Å². The molecule has 64 valence electrons. The van der Waals surface area contributed by atoms with Crippen molar-refractivity contribution in [1.82, 2.24) is 0 Å². The van der Waals surface area contributed by atoms with Gasteiger partial charge < -0.3 is 9.47 Å². The summed E-state index contributed by atoms with van der Waals surface area (Å²) in [6.07, 6.45) is 3.47. The van der Waals surface area contributed by atoms with Crippen LogP contribution in [0.4, 0.5) is 0 Å². The van der Waals surface area contributed by atoms with Crippen molar-refractivity contribution in [2.24, 2.45) is 0 Å². The molecule has 0 saturated heterocycles. The van der Waals surface area contributed by atoms with E-state index in [2.05, 4.69) is 4.74 Å². The van der Waals surface area contributed by atoms with Gasteiger partial charge in [-0.2, -0.15) is 0 Å². The molecule has 0 amide bonds. The SMILES string of the molecule is C1=COCOC1.c1ccccc1. The van der Waals surface area contributed by atoms with Gasteiger partial charge in [0.1, 0.15) is 0 Å². The van der Waals surface area contributed by atoms with Gasteiger partial charge in [-0.3, -0.25) is 0 Å². The van der Waals surface area contributed by atoms with Crippen LogP contribution in [0.2, 0.25) is 0 Å². The Balaban J connectivity index is 0.000000120. The average Bonchev–Trinajstić information content (AvgIpc) is 2.24. The standard InChI is InChI=1S/C6H6.C4H6O2/c1-2-4-6-5-3-1;1-2-5-4-6-3-1/h1-6H;1-2H,3-4H2. The van der Waals surface area contributed by atoms with Crippen molar-refractivity contribution in [3.05, 3.63) is 48.7 Å². The van der Waals surface area contributed by atoms with E-state index in [-0.39, 0.29) is 0 Å². The molecule has 0 aromatic heterocycles. The van der Waals surface area contributed by atoms with Gasteiger partial charge in [0.2, 0.25) is 0 Å². The lowest BCUT2D eigenvalue weighted by Crippen LogP contribution is -1.99. The third kappa shape index (κ3) is 4.52. The number of benzene rings is 1. The van der Waals surface area contributed by atoms with Crippen LogP contribution >= 0.6 is 0 Å². The largest absolute Gasteiger partial charge is 0.475 e. The lowest BCUT2D eigenvalue weighted by atomic mass is 10.4. The number of ether oxygens (including phenoxy) is 2. The zero-order valence-corrected chi connectivity index (χ0v) is 6.85. The minimum absolute atomic E-state index is 0.413. The van der Waals surface area contributed by atoms with Gasteiger partial charge in [-0.1, -0.05) is 36.4 Å². The lowest BCUT2D eigenvalue weighted by Gasteiger charge is -2.03. The van der Waals surface area contributed by atoms with Gasteiger partial charge >= 0.3 is 0 Å². The first-order valence-corrected chi connectivity index (χ1v) is 3.84. The minimum Gasteiger partial charge on any atom is -0.475 e. The summed E-state index contributed by atoms with van der Waals surface area (Å²) in [5.74, 6) is 0. The number of rotatable bonds is 0. The summed E-state index contributed by atoms with van der Waals surface area (Å²) in [6, 6.07) is 12.0. The molecule has 0 saturated carbocycles. The molecule has 2 nitrogen and oxygen atoms in total. The van der Waals surface area contributed by atoms with E-state index in [1.54, 1.807) is 6.26 Å². The van der Waals surface area contributed by atoms with Gasteiger partial charge in [-0.05, 0) is 6.08 Å². The maximum atomic E-state index is 4.76. The van der Waals surface area contributed by atoms with Crippen LogP contribution in [0.1, 0.15) is 0 Å². The van der Waals surface area contributed by atoms with Crippen LogP contribution in [0.25, 0.3) is 0 Å². The van der Waals surface area contributed by atoms with E-state index in [9.17, 15) is 0 Å². The molecule has 0 atom stereocenters. The van der Waals surface area contributed by atoms with Crippen molar-refractivity contribution in [3.8, 4) is 0 Å². The molecular weight excluding hydrogens is 152 g/mol. The van der Waals surface area contributed by atoms with Crippen molar-refractivity contribution < 1.29 is 9.47 Å². The molecule has 1 aromatic rings. The molecular formula is C10H12O2. The highest BCUT2D eigenvalue weighted by Gasteiger charge is 1.84. The first-order chi connectivity index (χ1) is 6.00. The van der Waals surface area contributed by atoms with Crippen LogP contribution in [0, 0.1) is 0 Å². The quantitative estimate of drug-likeness (QED) is 0.585. The van der Waals surface area contributed by atoms with E-state index in [1.165, 1.54) is 0 Å². The summed E-state index contributed by atoms with van der Waals surface area (Å²) < 4.78 is 9.43. The normalized spacial score (nSPS) is 14.0. The Labute approximate surface area is 72.4 Å². The Bertz CT molecular complexity index is 172. The fourth-order valence-corrected chi connectivity index (χ4v) is 0.696. The number of hydrogen-bond donors (Lipinski definition) is 0. The molecule has 0 aliphatic carbocycles. The number of hydrogen-bond acceptors (Lipinski definition) is 2. The Kier molecular flexibility index (Phi) is 4.72. The van der Waals surface area contributed by atoms with Gasteiger partial charge in [0, 0.05) is 0 Å². The topological polar surface area (TPSA) is 18.5 Å². The third-order valence-corrected chi connectivity index (χ3v) is 1.22. The zero-order chi connectivity index (χ0) is 8.49. The second-order valence-electron chi connectivity index (χ2n) is 2.18. The van der Waals surface area contributed by atoms with Crippen LogP contribution in [0.3, 0.4) is 0 Å². The third-order valence-electron chi connectivity index (χ3n) is 1.22. The molecule has 0 radical (unpaired) electrons. The second kappa shape index (κ2) is 6.43. The maximum absolute atomic E-state index is 4.76. The predicted molar refractivity (Wildman–Crippen MR) is 47.5 cm³/mol. The Morgan fingerprint density at radius 2 is 1.42 bits per heavy atom. The summed E-state index contributed by atoms with van der Waals surface area (Å²) in [6.45, 7) is 1.11. The Morgan fingerprint density at radius 3 is 1.58 bits per heavy atom. The second-order valence-corrected chi connectivity index (χ2v) is 2.18. The Morgan fingerprint density at radius 1 is 0.833 bits per heavy atom. The molecule has 2 rings (SSSR count).